The van der Waals surface area contributed by atoms with E-state index < -0.39 is 23.0 Å². The smallest absolute Gasteiger partial charge is 0.209 e. The quantitative estimate of drug-likeness (QED) is 0.852. The van der Waals surface area contributed by atoms with Gasteiger partial charge in [0.05, 0.1) is 11.4 Å². The highest BCUT2D eigenvalue weighted by Gasteiger charge is 2.25. The average molecular weight is 328 g/mol. The van der Waals surface area contributed by atoms with Gasteiger partial charge in [0.2, 0.25) is 10.0 Å². The Hall–Kier alpha value is -0.530. The van der Waals surface area contributed by atoms with Crippen molar-refractivity contribution in [3.8, 4) is 0 Å². The zero-order valence-corrected chi connectivity index (χ0v) is 11.7. The average Bonchev–Trinajstić information content (AvgIpc) is 2.20. The summed E-state index contributed by atoms with van der Waals surface area (Å²) in [7, 11) is -2.75. The second-order valence-corrected chi connectivity index (χ2v) is 6.48. The number of aryl methyl sites for hydroxylation is 1. The van der Waals surface area contributed by atoms with E-state index in [9.17, 15) is 17.2 Å². The largest absolute Gasteiger partial charge is 0.252 e. The maximum Gasteiger partial charge on any atom is 0.252 e. The topological polar surface area (TPSA) is 37.4 Å². The molecule has 96 valence electrons. The first kappa shape index (κ1) is 14.5. The summed E-state index contributed by atoms with van der Waals surface area (Å²) in [5.41, 5.74) is 0.747. The van der Waals surface area contributed by atoms with E-state index in [1.165, 1.54) is 6.07 Å². The molecule has 0 aromatic heterocycles. The van der Waals surface area contributed by atoms with Gasteiger partial charge in [0.1, 0.15) is 0 Å². The van der Waals surface area contributed by atoms with Crippen molar-refractivity contribution in [3.63, 3.8) is 0 Å². The van der Waals surface area contributed by atoms with Gasteiger partial charge in [0.25, 0.3) is 6.43 Å². The molecular weight excluding hydrogens is 316 g/mol. The molecule has 0 aliphatic carbocycles. The van der Waals surface area contributed by atoms with Crippen molar-refractivity contribution in [3.05, 3.63) is 28.2 Å². The molecule has 1 aromatic carbocycles. The normalized spacial score (nSPS) is 12.4. The minimum absolute atomic E-state index is 0.000602. The minimum Gasteiger partial charge on any atom is -0.209 e. The molecule has 0 unspecified atom stereocenters. The standard InChI is InChI=1S/C10H12BrF2NO2S/c1-7-3-4-8(11)9(5-7)17(15,16)14(2)6-10(12)13/h3-5,10H,6H2,1-2H3. The third kappa shape index (κ3) is 3.46. The summed E-state index contributed by atoms with van der Waals surface area (Å²) in [5.74, 6) is 0. The highest BCUT2D eigenvalue weighted by atomic mass is 79.9. The first-order chi connectivity index (χ1) is 7.75. The second-order valence-electron chi connectivity index (χ2n) is 3.61. The third-order valence-corrected chi connectivity index (χ3v) is 4.99. The molecule has 0 aliphatic heterocycles. The van der Waals surface area contributed by atoms with Gasteiger partial charge in [-0.1, -0.05) is 6.07 Å². The molecule has 0 saturated heterocycles. The van der Waals surface area contributed by atoms with Crippen LogP contribution in [-0.2, 0) is 10.0 Å². The van der Waals surface area contributed by atoms with Gasteiger partial charge in [-0.15, -0.1) is 0 Å². The van der Waals surface area contributed by atoms with Gasteiger partial charge < -0.3 is 0 Å². The summed E-state index contributed by atoms with van der Waals surface area (Å²) >= 11 is 3.11. The predicted octanol–water partition coefficient (Wildman–Crippen LogP) is 2.64. The molecule has 0 radical (unpaired) electrons. The number of hydrogen-bond acceptors (Lipinski definition) is 2. The Labute approximate surface area is 108 Å². The molecular formula is C10H12BrF2NO2S. The van der Waals surface area contributed by atoms with Crippen LogP contribution < -0.4 is 0 Å². The summed E-state index contributed by atoms with van der Waals surface area (Å²) < 4.78 is 49.4. The van der Waals surface area contributed by atoms with Crippen LogP contribution in [0.3, 0.4) is 0 Å². The van der Waals surface area contributed by atoms with Gasteiger partial charge in [-0.3, -0.25) is 0 Å². The summed E-state index contributed by atoms with van der Waals surface area (Å²) in [6.07, 6.45) is -2.70. The Kier molecular flexibility index (Phi) is 4.62. The van der Waals surface area contributed by atoms with E-state index in [0.717, 1.165) is 12.6 Å². The van der Waals surface area contributed by atoms with E-state index in [1.807, 2.05) is 0 Å². The third-order valence-electron chi connectivity index (χ3n) is 2.17. The lowest BCUT2D eigenvalue weighted by atomic mass is 10.2. The van der Waals surface area contributed by atoms with Gasteiger partial charge in [0.15, 0.2) is 0 Å². The highest BCUT2D eigenvalue weighted by molar-refractivity contribution is 9.10. The fourth-order valence-corrected chi connectivity index (χ4v) is 3.42. The van der Waals surface area contributed by atoms with E-state index in [0.29, 0.717) is 8.78 Å². The van der Waals surface area contributed by atoms with Crippen molar-refractivity contribution in [1.82, 2.24) is 4.31 Å². The van der Waals surface area contributed by atoms with E-state index in [4.69, 9.17) is 0 Å². The minimum atomic E-state index is -3.88. The zero-order valence-electron chi connectivity index (χ0n) is 9.32. The molecule has 0 N–H and O–H groups in total. The van der Waals surface area contributed by atoms with Crippen LogP contribution in [0.2, 0.25) is 0 Å². The zero-order chi connectivity index (χ0) is 13.2. The van der Waals surface area contributed by atoms with Crippen LogP contribution in [0.1, 0.15) is 5.56 Å². The molecule has 0 saturated carbocycles. The highest BCUT2D eigenvalue weighted by Crippen LogP contribution is 2.25. The Bertz CT molecular complexity index is 505. The Balaban J connectivity index is 3.17. The molecule has 0 aliphatic rings. The molecule has 1 aromatic rings. The van der Waals surface area contributed by atoms with Crippen LogP contribution >= 0.6 is 15.9 Å². The van der Waals surface area contributed by atoms with E-state index >= 15 is 0 Å². The first-order valence-corrected chi connectivity index (χ1v) is 6.99. The van der Waals surface area contributed by atoms with Crippen molar-refractivity contribution >= 4 is 26.0 Å². The first-order valence-electron chi connectivity index (χ1n) is 4.76. The van der Waals surface area contributed by atoms with Crippen molar-refractivity contribution < 1.29 is 17.2 Å². The summed E-state index contributed by atoms with van der Waals surface area (Å²) in [4.78, 5) is 0.000602. The SMILES string of the molecule is Cc1ccc(Br)c(S(=O)(=O)N(C)CC(F)F)c1. The molecule has 0 bridgehead atoms. The van der Waals surface area contributed by atoms with Crippen LogP contribution in [0.15, 0.2) is 27.6 Å². The Morgan fingerprint density at radius 3 is 2.53 bits per heavy atom. The summed E-state index contributed by atoms with van der Waals surface area (Å²) in [5, 5.41) is 0. The Morgan fingerprint density at radius 1 is 1.41 bits per heavy atom. The predicted molar refractivity (Wildman–Crippen MR) is 64.7 cm³/mol. The molecule has 0 spiro atoms. The molecule has 1 rings (SSSR count). The van der Waals surface area contributed by atoms with Crippen LogP contribution in [0, 0.1) is 6.92 Å². The lowest BCUT2D eigenvalue weighted by Crippen LogP contribution is -2.31. The molecule has 0 atom stereocenters. The molecule has 0 fully saturated rings. The second kappa shape index (κ2) is 5.41. The maximum atomic E-state index is 12.2. The van der Waals surface area contributed by atoms with Gasteiger partial charge in [-0.25, -0.2) is 17.2 Å². The number of benzene rings is 1. The number of hydrogen-bond donors (Lipinski definition) is 0. The molecule has 7 heteroatoms. The number of rotatable bonds is 4. The lowest BCUT2D eigenvalue weighted by Gasteiger charge is -2.17. The number of nitrogens with zero attached hydrogens (tertiary/aromatic N) is 1. The van der Waals surface area contributed by atoms with Crippen molar-refractivity contribution in [2.24, 2.45) is 0 Å². The molecule has 3 nitrogen and oxygen atoms in total. The van der Waals surface area contributed by atoms with Crippen molar-refractivity contribution in [1.29, 1.82) is 0 Å². The van der Waals surface area contributed by atoms with E-state index in [-0.39, 0.29) is 4.90 Å². The van der Waals surface area contributed by atoms with E-state index in [1.54, 1.807) is 19.1 Å². The van der Waals surface area contributed by atoms with Gasteiger partial charge in [-0.2, -0.15) is 4.31 Å². The Morgan fingerprint density at radius 2 is 2.00 bits per heavy atom. The summed E-state index contributed by atoms with van der Waals surface area (Å²) in [6.45, 7) is 0.918. The van der Waals surface area contributed by atoms with Gasteiger partial charge >= 0.3 is 0 Å². The van der Waals surface area contributed by atoms with E-state index in [2.05, 4.69) is 15.9 Å². The van der Waals surface area contributed by atoms with Gasteiger partial charge in [-0.05, 0) is 40.5 Å². The lowest BCUT2D eigenvalue weighted by molar-refractivity contribution is 0.126. The fourth-order valence-electron chi connectivity index (χ4n) is 1.27. The van der Waals surface area contributed by atoms with Crippen LogP contribution in [-0.4, -0.2) is 32.7 Å². The van der Waals surface area contributed by atoms with Crippen molar-refractivity contribution in [2.75, 3.05) is 13.6 Å². The number of sulfonamides is 1. The fraction of sp³-hybridized carbons (Fsp3) is 0.400. The van der Waals surface area contributed by atoms with Crippen LogP contribution in [0.4, 0.5) is 8.78 Å². The summed E-state index contributed by atoms with van der Waals surface area (Å²) in [6, 6.07) is 4.76. The number of halogens is 3. The van der Waals surface area contributed by atoms with Crippen LogP contribution in [0.25, 0.3) is 0 Å². The monoisotopic (exact) mass is 327 g/mol. The molecule has 0 amide bonds. The number of alkyl halides is 2. The molecule has 17 heavy (non-hydrogen) atoms. The van der Waals surface area contributed by atoms with Crippen molar-refractivity contribution in [2.45, 2.75) is 18.2 Å². The maximum absolute atomic E-state index is 12.2. The van der Waals surface area contributed by atoms with Crippen LogP contribution in [0.5, 0.6) is 0 Å². The molecule has 0 heterocycles. The van der Waals surface area contributed by atoms with Gasteiger partial charge in [0, 0.05) is 11.5 Å².